The van der Waals surface area contributed by atoms with Gasteiger partial charge in [-0.25, -0.2) is 14.4 Å². The topological polar surface area (TPSA) is 82.8 Å². The fraction of sp³-hybridized carbons (Fsp3) is 0.316. The fourth-order valence-corrected chi connectivity index (χ4v) is 4.35. The van der Waals surface area contributed by atoms with Crippen LogP contribution in [0, 0.1) is 19.7 Å². The van der Waals surface area contributed by atoms with E-state index in [2.05, 4.69) is 20.2 Å². The van der Waals surface area contributed by atoms with Gasteiger partial charge in [0.05, 0.1) is 12.9 Å². The molecular formula is C19H20FN5O2S2. The zero-order chi connectivity index (χ0) is 21.0. The van der Waals surface area contributed by atoms with E-state index >= 15 is 0 Å². The van der Waals surface area contributed by atoms with Crippen molar-refractivity contribution in [2.45, 2.75) is 42.1 Å². The van der Waals surface area contributed by atoms with Crippen LogP contribution >= 0.6 is 23.5 Å². The third-order valence-corrected chi connectivity index (χ3v) is 5.76. The highest BCUT2D eigenvalue weighted by Gasteiger charge is 2.22. The summed E-state index contributed by atoms with van der Waals surface area (Å²) in [6.07, 6.45) is 0. The number of methoxy groups -OCH3 is 1. The fourth-order valence-electron chi connectivity index (χ4n) is 2.58. The Morgan fingerprint density at radius 3 is 2.45 bits per heavy atom. The first-order chi connectivity index (χ1) is 13.9. The van der Waals surface area contributed by atoms with Gasteiger partial charge in [-0.1, -0.05) is 23.5 Å². The number of hydrogen-bond acceptors (Lipinski definition) is 8. The van der Waals surface area contributed by atoms with Crippen molar-refractivity contribution in [3.8, 4) is 5.69 Å². The molecule has 0 aliphatic carbocycles. The van der Waals surface area contributed by atoms with Crippen LogP contribution in [0.2, 0.25) is 0 Å². The minimum Gasteiger partial charge on any atom is -0.468 e. The second-order valence-electron chi connectivity index (χ2n) is 6.22. The smallest absolute Gasteiger partial charge is 0.318 e. The molecule has 0 fully saturated rings. The molecule has 0 unspecified atom stereocenters. The predicted octanol–water partition coefficient (Wildman–Crippen LogP) is 3.76. The van der Waals surface area contributed by atoms with Crippen LogP contribution in [0.5, 0.6) is 0 Å². The predicted molar refractivity (Wildman–Crippen MR) is 110 cm³/mol. The minimum atomic E-state index is -0.466. The molecule has 29 heavy (non-hydrogen) atoms. The summed E-state index contributed by atoms with van der Waals surface area (Å²) in [4.78, 5) is 20.7. The number of thioether (sulfide) groups is 2. The number of carbonyl (C=O) groups is 1. The summed E-state index contributed by atoms with van der Waals surface area (Å²) in [6.45, 7) is 5.57. The van der Waals surface area contributed by atoms with E-state index in [1.807, 2.05) is 19.9 Å². The van der Waals surface area contributed by atoms with Gasteiger partial charge < -0.3 is 4.74 Å². The van der Waals surface area contributed by atoms with Crippen molar-refractivity contribution in [3.05, 3.63) is 53.4 Å². The van der Waals surface area contributed by atoms with Gasteiger partial charge in [-0.2, -0.15) is 0 Å². The van der Waals surface area contributed by atoms with E-state index in [0.717, 1.165) is 11.4 Å². The molecule has 3 rings (SSSR count). The van der Waals surface area contributed by atoms with Crippen LogP contribution in [0.3, 0.4) is 0 Å². The monoisotopic (exact) mass is 433 g/mol. The molecule has 3 aromatic rings. The molecule has 0 bridgehead atoms. The number of esters is 1. The van der Waals surface area contributed by atoms with Gasteiger partial charge in [0.2, 0.25) is 0 Å². The number of hydrogen-bond donors (Lipinski definition) is 0. The molecule has 1 aromatic carbocycles. The summed E-state index contributed by atoms with van der Waals surface area (Å²) in [6, 6.07) is 7.95. The SMILES string of the molecule is COC(=O)[C@H](C)Sc1nnc(CSc2nc(C)cc(C)n2)n1-c1ccc(F)cc1. The lowest BCUT2D eigenvalue weighted by Crippen LogP contribution is -2.15. The van der Waals surface area contributed by atoms with Gasteiger partial charge >= 0.3 is 5.97 Å². The summed E-state index contributed by atoms with van der Waals surface area (Å²) in [5, 5.41) is 9.22. The van der Waals surface area contributed by atoms with E-state index in [1.54, 1.807) is 23.6 Å². The molecule has 0 saturated carbocycles. The van der Waals surface area contributed by atoms with E-state index in [1.165, 1.54) is 42.8 Å². The van der Waals surface area contributed by atoms with Gasteiger partial charge in [0.15, 0.2) is 10.3 Å². The second-order valence-corrected chi connectivity index (χ2v) is 8.47. The maximum atomic E-state index is 13.4. The van der Waals surface area contributed by atoms with Gasteiger partial charge in [-0.3, -0.25) is 9.36 Å². The number of ether oxygens (including phenoxy) is 1. The van der Waals surface area contributed by atoms with Gasteiger partial charge in [0.25, 0.3) is 0 Å². The molecule has 0 aliphatic heterocycles. The Labute approximate surface area is 176 Å². The van der Waals surface area contributed by atoms with E-state index in [9.17, 15) is 9.18 Å². The molecule has 2 aromatic heterocycles. The lowest BCUT2D eigenvalue weighted by molar-refractivity contribution is -0.139. The van der Waals surface area contributed by atoms with Crippen molar-refractivity contribution in [2.24, 2.45) is 0 Å². The van der Waals surface area contributed by atoms with E-state index in [4.69, 9.17) is 4.74 Å². The van der Waals surface area contributed by atoms with Crippen LogP contribution in [0.4, 0.5) is 4.39 Å². The average Bonchev–Trinajstić information content (AvgIpc) is 3.08. The second kappa shape index (κ2) is 9.36. The zero-order valence-electron chi connectivity index (χ0n) is 16.4. The number of rotatable bonds is 7. The van der Waals surface area contributed by atoms with Crippen molar-refractivity contribution >= 4 is 29.5 Å². The quantitative estimate of drug-likeness (QED) is 0.316. The third-order valence-electron chi connectivity index (χ3n) is 3.89. The van der Waals surface area contributed by atoms with Crippen molar-refractivity contribution in [2.75, 3.05) is 7.11 Å². The molecule has 0 saturated heterocycles. The first kappa shape index (κ1) is 21.3. The lowest BCUT2D eigenvalue weighted by Gasteiger charge is -2.12. The van der Waals surface area contributed by atoms with Crippen LogP contribution in [0.15, 0.2) is 40.6 Å². The summed E-state index contributed by atoms with van der Waals surface area (Å²) in [5.41, 5.74) is 2.49. The van der Waals surface area contributed by atoms with Crippen LogP contribution in [-0.2, 0) is 15.3 Å². The van der Waals surface area contributed by atoms with Gasteiger partial charge in [-0.05, 0) is 51.1 Å². The normalized spacial score (nSPS) is 12.0. The third kappa shape index (κ3) is 5.33. The number of aromatic nitrogens is 5. The Balaban J connectivity index is 1.91. The van der Waals surface area contributed by atoms with Crippen LogP contribution in [0.1, 0.15) is 24.1 Å². The standard InChI is InChI=1S/C19H20FN5O2S2/c1-11-9-12(2)22-18(21-11)28-10-16-23-24-19(29-13(3)17(26)27-4)25(16)15-7-5-14(20)6-8-15/h5-9,13H,10H2,1-4H3/t13-/m0/s1. The number of halogens is 1. The zero-order valence-corrected chi connectivity index (χ0v) is 18.1. The van der Waals surface area contributed by atoms with Crippen LogP contribution < -0.4 is 0 Å². The number of benzene rings is 1. The lowest BCUT2D eigenvalue weighted by atomic mass is 10.3. The molecule has 2 heterocycles. The van der Waals surface area contributed by atoms with Crippen molar-refractivity contribution in [3.63, 3.8) is 0 Å². The largest absolute Gasteiger partial charge is 0.468 e. The molecule has 0 aliphatic rings. The van der Waals surface area contributed by atoms with Crippen LogP contribution in [0.25, 0.3) is 5.69 Å². The molecule has 152 valence electrons. The Hall–Kier alpha value is -2.46. The Kier molecular flexibility index (Phi) is 6.86. The summed E-state index contributed by atoms with van der Waals surface area (Å²) >= 11 is 2.67. The number of nitrogens with zero attached hydrogens (tertiary/aromatic N) is 5. The molecule has 10 heteroatoms. The molecule has 7 nitrogen and oxygen atoms in total. The first-order valence-corrected chi connectivity index (χ1v) is 10.6. The number of aryl methyl sites for hydroxylation is 2. The molecule has 0 N–H and O–H groups in total. The van der Waals surface area contributed by atoms with E-state index < -0.39 is 5.25 Å². The minimum absolute atomic E-state index is 0.335. The van der Waals surface area contributed by atoms with Crippen molar-refractivity contribution in [1.29, 1.82) is 0 Å². The molecule has 0 spiro atoms. The highest BCUT2D eigenvalue weighted by molar-refractivity contribution is 8.00. The summed E-state index contributed by atoms with van der Waals surface area (Å²) < 4.78 is 20.0. The van der Waals surface area contributed by atoms with Crippen molar-refractivity contribution < 1.29 is 13.9 Å². The molecular weight excluding hydrogens is 413 g/mol. The van der Waals surface area contributed by atoms with Crippen molar-refractivity contribution in [1.82, 2.24) is 24.7 Å². The van der Waals surface area contributed by atoms with E-state index in [0.29, 0.717) is 27.6 Å². The molecule has 0 amide bonds. The highest BCUT2D eigenvalue weighted by Crippen LogP contribution is 2.29. The Morgan fingerprint density at radius 1 is 1.17 bits per heavy atom. The molecule has 1 atom stereocenters. The van der Waals surface area contributed by atoms with Crippen LogP contribution in [-0.4, -0.2) is 43.1 Å². The maximum Gasteiger partial charge on any atom is 0.318 e. The number of carbonyl (C=O) groups excluding carboxylic acids is 1. The Bertz CT molecular complexity index is 990. The Morgan fingerprint density at radius 2 is 1.83 bits per heavy atom. The van der Waals surface area contributed by atoms with E-state index in [-0.39, 0.29) is 11.8 Å². The highest BCUT2D eigenvalue weighted by atomic mass is 32.2. The van der Waals surface area contributed by atoms with Gasteiger partial charge in [-0.15, -0.1) is 10.2 Å². The average molecular weight is 434 g/mol. The first-order valence-electron chi connectivity index (χ1n) is 8.77. The maximum absolute atomic E-state index is 13.4. The van der Waals surface area contributed by atoms with Gasteiger partial charge in [0, 0.05) is 17.1 Å². The molecule has 0 radical (unpaired) electrons. The summed E-state index contributed by atoms with van der Waals surface area (Å²) in [5.74, 6) is 0.408. The summed E-state index contributed by atoms with van der Waals surface area (Å²) in [7, 11) is 1.34. The van der Waals surface area contributed by atoms with Gasteiger partial charge in [0.1, 0.15) is 16.9 Å².